The molecule has 0 fully saturated rings. The second-order valence-corrected chi connectivity index (χ2v) is 5.21. The molecule has 0 aliphatic rings. The quantitative estimate of drug-likeness (QED) is 0.878. The molecule has 0 spiro atoms. The smallest absolute Gasteiger partial charge is 0.347 e. The Morgan fingerprint density at radius 1 is 1.17 bits per heavy atom. The van der Waals surface area contributed by atoms with Crippen molar-refractivity contribution in [2.75, 3.05) is 0 Å². The van der Waals surface area contributed by atoms with Crippen molar-refractivity contribution in [3.8, 4) is 0 Å². The topological polar surface area (TPSA) is 100 Å². The highest BCUT2D eigenvalue weighted by Gasteiger charge is 2.07. The maximum Gasteiger partial charge on any atom is 0.347 e. The van der Waals surface area contributed by atoms with Crippen LogP contribution in [0, 0.1) is 13.8 Å². The number of hydrogen-bond donors (Lipinski definition) is 2. The molecule has 0 radical (unpaired) electrons. The third-order valence-corrected chi connectivity index (χ3v) is 3.59. The molecule has 0 amide bonds. The molecule has 18 heavy (non-hydrogen) atoms. The molecule has 0 saturated heterocycles. The highest BCUT2D eigenvalue weighted by atomic mass is 32.1. The lowest BCUT2D eigenvalue weighted by Gasteiger charge is -1.84. The molecule has 8 heteroatoms. The normalized spacial score (nSPS) is 9.44. The Bertz CT molecular complexity index is 562. The van der Waals surface area contributed by atoms with Crippen LogP contribution in [-0.2, 0) is 0 Å². The van der Waals surface area contributed by atoms with Crippen LogP contribution in [-0.4, -0.2) is 32.1 Å². The molecule has 2 heterocycles. The molecule has 0 aromatic carbocycles. The molecular formula is C10H10N2O4S2. The van der Waals surface area contributed by atoms with Gasteiger partial charge in [-0.2, -0.15) is 0 Å². The summed E-state index contributed by atoms with van der Waals surface area (Å²) in [5, 5.41) is 17.6. The van der Waals surface area contributed by atoms with E-state index in [9.17, 15) is 9.59 Å². The van der Waals surface area contributed by atoms with Gasteiger partial charge in [0.05, 0.1) is 22.4 Å². The molecule has 2 aromatic heterocycles. The predicted molar refractivity (Wildman–Crippen MR) is 67.6 cm³/mol. The first-order valence-corrected chi connectivity index (χ1v) is 6.40. The number of thiazole rings is 2. The molecule has 0 aliphatic heterocycles. The first-order valence-electron chi connectivity index (χ1n) is 4.71. The summed E-state index contributed by atoms with van der Waals surface area (Å²) in [4.78, 5) is 28.6. The Kier molecular flexibility index (Phi) is 4.93. The molecule has 0 saturated carbocycles. The summed E-state index contributed by atoms with van der Waals surface area (Å²) >= 11 is 2.33. The van der Waals surface area contributed by atoms with Gasteiger partial charge in [0.2, 0.25) is 0 Å². The van der Waals surface area contributed by atoms with Crippen LogP contribution in [0.3, 0.4) is 0 Å². The Hall–Kier alpha value is -1.80. The van der Waals surface area contributed by atoms with Gasteiger partial charge in [-0.1, -0.05) is 0 Å². The van der Waals surface area contributed by atoms with Crippen molar-refractivity contribution < 1.29 is 19.8 Å². The standard InChI is InChI=1S/2C5H5NO2S/c1-3-4(5(7)8)9-2-6-3;1-3-6-2-4(9-3)5(7)8/h2*2H,1H3,(H,7,8). The second-order valence-electron chi connectivity index (χ2n) is 3.12. The van der Waals surface area contributed by atoms with E-state index in [-0.39, 0.29) is 0 Å². The fraction of sp³-hybridized carbons (Fsp3) is 0.200. The lowest BCUT2D eigenvalue weighted by atomic mass is 10.4. The van der Waals surface area contributed by atoms with Crippen molar-refractivity contribution in [3.63, 3.8) is 0 Å². The van der Waals surface area contributed by atoms with Gasteiger partial charge in [0.25, 0.3) is 0 Å². The average Bonchev–Trinajstić information content (AvgIpc) is 2.87. The van der Waals surface area contributed by atoms with Gasteiger partial charge in [0.1, 0.15) is 9.75 Å². The van der Waals surface area contributed by atoms with Crippen molar-refractivity contribution in [2.45, 2.75) is 13.8 Å². The van der Waals surface area contributed by atoms with E-state index in [1.165, 1.54) is 23.0 Å². The molecular weight excluding hydrogens is 276 g/mol. The number of carboxylic acids is 2. The van der Waals surface area contributed by atoms with Gasteiger partial charge in [0.15, 0.2) is 0 Å². The van der Waals surface area contributed by atoms with E-state index in [4.69, 9.17) is 10.2 Å². The van der Waals surface area contributed by atoms with Crippen molar-refractivity contribution in [2.24, 2.45) is 0 Å². The van der Waals surface area contributed by atoms with Crippen LogP contribution in [0.2, 0.25) is 0 Å². The van der Waals surface area contributed by atoms with E-state index in [2.05, 4.69) is 9.97 Å². The number of aromatic nitrogens is 2. The highest BCUT2D eigenvalue weighted by Crippen LogP contribution is 2.11. The van der Waals surface area contributed by atoms with E-state index in [0.29, 0.717) is 15.4 Å². The first-order chi connectivity index (χ1) is 8.41. The number of carboxylic acid groups (broad SMARTS) is 2. The maximum atomic E-state index is 10.3. The first kappa shape index (κ1) is 14.3. The Morgan fingerprint density at radius 3 is 2.06 bits per heavy atom. The monoisotopic (exact) mass is 286 g/mol. The van der Waals surface area contributed by atoms with Crippen LogP contribution in [0.5, 0.6) is 0 Å². The molecule has 0 unspecified atom stereocenters. The van der Waals surface area contributed by atoms with Crippen molar-refractivity contribution in [1.29, 1.82) is 0 Å². The van der Waals surface area contributed by atoms with E-state index >= 15 is 0 Å². The molecule has 0 aliphatic carbocycles. The molecule has 2 aromatic rings. The number of nitrogens with zero attached hydrogens (tertiary/aromatic N) is 2. The Balaban J connectivity index is 0.000000180. The van der Waals surface area contributed by atoms with Gasteiger partial charge in [-0.25, -0.2) is 19.6 Å². The summed E-state index contributed by atoms with van der Waals surface area (Å²) in [5.74, 6) is -1.80. The number of hydrogen-bond acceptors (Lipinski definition) is 6. The molecule has 0 bridgehead atoms. The number of aryl methyl sites for hydroxylation is 2. The van der Waals surface area contributed by atoms with E-state index in [0.717, 1.165) is 16.3 Å². The summed E-state index contributed by atoms with van der Waals surface area (Å²) in [6, 6.07) is 0. The largest absolute Gasteiger partial charge is 0.477 e. The lowest BCUT2D eigenvalue weighted by molar-refractivity contribution is 0.0690. The van der Waals surface area contributed by atoms with Gasteiger partial charge < -0.3 is 10.2 Å². The zero-order chi connectivity index (χ0) is 13.7. The third kappa shape index (κ3) is 3.90. The van der Waals surface area contributed by atoms with Crippen LogP contribution in [0.15, 0.2) is 11.7 Å². The number of rotatable bonds is 2. The van der Waals surface area contributed by atoms with Gasteiger partial charge in [-0.15, -0.1) is 22.7 Å². The van der Waals surface area contributed by atoms with Gasteiger partial charge >= 0.3 is 11.9 Å². The summed E-state index contributed by atoms with van der Waals surface area (Å²) in [6.45, 7) is 3.46. The summed E-state index contributed by atoms with van der Waals surface area (Å²) < 4.78 is 0. The Labute approximate surface area is 111 Å². The summed E-state index contributed by atoms with van der Waals surface area (Å²) in [7, 11) is 0. The van der Waals surface area contributed by atoms with Crippen molar-refractivity contribution in [1.82, 2.24) is 9.97 Å². The van der Waals surface area contributed by atoms with Crippen LogP contribution >= 0.6 is 22.7 Å². The van der Waals surface area contributed by atoms with Crippen LogP contribution in [0.4, 0.5) is 0 Å². The fourth-order valence-corrected chi connectivity index (χ4v) is 2.22. The van der Waals surface area contributed by atoms with E-state index in [1.54, 1.807) is 13.8 Å². The Morgan fingerprint density at radius 2 is 1.83 bits per heavy atom. The second kappa shape index (κ2) is 6.22. The number of carbonyl (C=O) groups is 2. The fourth-order valence-electron chi connectivity index (χ4n) is 0.967. The van der Waals surface area contributed by atoms with Gasteiger partial charge in [-0.05, 0) is 13.8 Å². The minimum atomic E-state index is -0.902. The van der Waals surface area contributed by atoms with Crippen LogP contribution in [0.1, 0.15) is 30.0 Å². The minimum absolute atomic E-state index is 0.299. The van der Waals surface area contributed by atoms with E-state index < -0.39 is 11.9 Å². The maximum absolute atomic E-state index is 10.3. The molecule has 2 N–H and O–H groups in total. The highest BCUT2D eigenvalue weighted by molar-refractivity contribution is 7.13. The summed E-state index contributed by atoms with van der Waals surface area (Å²) in [6.07, 6.45) is 1.36. The van der Waals surface area contributed by atoms with Crippen LogP contribution < -0.4 is 0 Å². The number of aromatic carboxylic acids is 2. The zero-order valence-electron chi connectivity index (χ0n) is 9.58. The van der Waals surface area contributed by atoms with Crippen molar-refractivity contribution >= 4 is 34.6 Å². The third-order valence-electron chi connectivity index (χ3n) is 1.77. The molecule has 6 nitrogen and oxygen atoms in total. The molecule has 2 rings (SSSR count). The lowest BCUT2D eigenvalue weighted by Crippen LogP contribution is -1.94. The van der Waals surface area contributed by atoms with Crippen molar-refractivity contribution in [3.05, 3.63) is 32.2 Å². The SMILES string of the molecule is Cc1ncc(C(=O)O)s1.Cc1ncsc1C(=O)O. The van der Waals surface area contributed by atoms with Crippen LogP contribution in [0.25, 0.3) is 0 Å². The van der Waals surface area contributed by atoms with Gasteiger partial charge in [0, 0.05) is 0 Å². The zero-order valence-corrected chi connectivity index (χ0v) is 11.2. The summed E-state index contributed by atoms with van der Waals surface area (Å²) in [5.41, 5.74) is 2.12. The predicted octanol–water partition coefficient (Wildman–Crippen LogP) is 2.30. The average molecular weight is 286 g/mol. The van der Waals surface area contributed by atoms with E-state index in [1.807, 2.05) is 0 Å². The molecule has 0 atom stereocenters. The minimum Gasteiger partial charge on any atom is -0.477 e. The van der Waals surface area contributed by atoms with Gasteiger partial charge in [-0.3, -0.25) is 0 Å². The molecule has 96 valence electrons.